The van der Waals surface area contributed by atoms with E-state index in [1.807, 2.05) is 0 Å². The van der Waals surface area contributed by atoms with Gasteiger partial charge >= 0.3 is 0 Å². The maximum Gasteiger partial charge on any atom is 0.265 e. The van der Waals surface area contributed by atoms with E-state index in [0.717, 1.165) is 4.57 Å². The van der Waals surface area contributed by atoms with E-state index >= 15 is 0 Å². The molecule has 13 N–H and O–H groups in total. The lowest BCUT2D eigenvalue weighted by atomic mass is 9.92. The van der Waals surface area contributed by atoms with Crippen LogP contribution in [0, 0.1) is 5.41 Å². The fraction of sp³-hybridized carbons (Fsp3) is 0.210. The van der Waals surface area contributed by atoms with Crippen LogP contribution in [0.25, 0.3) is 129 Å². The summed E-state index contributed by atoms with van der Waals surface area (Å²) in [6.45, 7) is 0.168. The van der Waals surface area contributed by atoms with Crippen molar-refractivity contribution in [2.45, 2.75) is 51.9 Å². The predicted molar refractivity (Wildman–Crippen MR) is 429 cm³/mol. The molecule has 4 atom stereocenters. The van der Waals surface area contributed by atoms with Crippen LogP contribution in [0.3, 0.4) is 0 Å². The Balaban J connectivity index is 0.794. The number of hydrogen-bond acceptors (Lipinski definition) is 28. The lowest BCUT2D eigenvalue weighted by Crippen LogP contribution is -2.44. The van der Waals surface area contributed by atoms with Crippen LogP contribution in [0.15, 0.2) is 174 Å². The maximum absolute atomic E-state index is 14.7. The standard InChI is InChI=1S/C81H61N9O23/c1-29(87-73(102)46-47(74(87)103)58(83)42-41(57(46)82)62(91)33-13-5-6-14-34(33)63(42)92)21-110-25-81(26-111-22-30(2)88-75(104)48-54(78(88)107)70(99)51-43(59(48)84)64(93)35-15-7-10-18-38(35)67(51)96,27-112-23-31(3)89-76(105)49-55(79(89)108)71(100)52-44(60(49)85)65(94)36-16-8-11-19-39(36)68(52)97)28-113-24-32(4)90-77(106)50-56(80(90)109)72(101)53-45(61(50)86)66(95)37-17-9-12-20-40(37)69(53)98/h5-20,29-32,99-101H,21-28,82-86H2,1-4H3. The molecule has 32 nitrogen and oxygen atoms in total. The van der Waals surface area contributed by atoms with E-state index in [2.05, 4.69) is 0 Å². The van der Waals surface area contributed by atoms with Crippen molar-refractivity contribution in [1.82, 2.24) is 18.3 Å². The van der Waals surface area contributed by atoms with Gasteiger partial charge in [-0.1, -0.05) is 97.1 Å². The van der Waals surface area contributed by atoms with Gasteiger partial charge in [-0.2, -0.15) is 0 Å². The minimum atomic E-state index is -1.87. The fourth-order valence-electron chi connectivity index (χ4n) is 16.5. The summed E-state index contributed by atoms with van der Waals surface area (Å²) in [7, 11) is 0. The summed E-state index contributed by atoms with van der Waals surface area (Å²) in [5, 5.41) is 25.7. The van der Waals surface area contributed by atoms with Gasteiger partial charge in [-0.25, -0.2) is 0 Å². The van der Waals surface area contributed by atoms with Gasteiger partial charge in [0.15, 0.2) is 43.4 Å². The number of benzene rings is 12. The SMILES string of the molecule is CC(COCC(COCC(C)n1c(=O)c2c(N)c3c(=O)c4ccccc4c(=O)c3c(O)c2c1=O)(COCC(C)n1c(=O)c2c(N)c3c(=O)c4ccccc4c(=O)c3c(O)c2c1=O)COCC(C)n1c(=O)c2c(N)c3c(=O)c4ccccc4c(=O)c3c(O)c2c1=O)n1c(=O)c2c(N)c3c(=O)c4ccccc4c(=O)c3c(N)c2c1=O. The number of fused-ring (bicyclic) bond motifs is 12. The zero-order valence-corrected chi connectivity index (χ0v) is 59.9. The van der Waals surface area contributed by atoms with Gasteiger partial charge in [-0.05, 0) is 27.7 Å². The molecule has 0 fully saturated rings. The molecule has 4 heterocycles. The molecule has 568 valence electrons. The van der Waals surface area contributed by atoms with E-state index in [1.165, 1.54) is 125 Å². The van der Waals surface area contributed by atoms with Crippen LogP contribution in [0.5, 0.6) is 17.2 Å². The molecular formula is C81H61N9O23. The lowest BCUT2D eigenvalue weighted by molar-refractivity contribution is -0.116. The van der Waals surface area contributed by atoms with Crippen molar-refractivity contribution in [3.8, 4) is 17.2 Å². The van der Waals surface area contributed by atoms with Crippen LogP contribution in [0.2, 0.25) is 0 Å². The Morgan fingerprint density at radius 2 is 0.407 bits per heavy atom. The molecule has 32 heteroatoms. The number of nitrogens with two attached hydrogens (primary N) is 5. The highest BCUT2D eigenvalue weighted by Gasteiger charge is 2.38. The number of anilines is 5. The van der Waals surface area contributed by atoms with Crippen molar-refractivity contribution in [3.63, 3.8) is 0 Å². The Bertz CT molecular complexity index is 6650. The van der Waals surface area contributed by atoms with Crippen LogP contribution in [0.1, 0.15) is 51.9 Å². The Morgan fingerprint density at radius 1 is 0.257 bits per heavy atom. The highest BCUT2D eigenvalue weighted by Crippen LogP contribution is 2.39. The molecule has 113 heavy (non-hydrogen) atoms. The predicted octanol–water partition coefficient (Wildman–Crippen LogP) is 2.42. The van der Waals surface area contributed by atoms with Crippen LogP contribution >= 0.6 is 0 Å². The van der Waals surface area contributed by atoms with Gasteiger partial charge in [0.25, 0.3) is 44.5 Å². The molecule has 0 radical (unpaired) electrons. The van der Waals surface area contributed by atoms with E-state index in [9.17, 15) is 92.0 Å². The first-order valence-corrected chi connectivity index (χ1v) is 35.2. The minimum Gasteiger partial charge on any atom is -0.506 e. The highest BCUT2D eigenvalue weighted by molar-refractivity contribution is 6.22. The van der Waals surface area contributed by atoms with Crippen molar-refractivity contribution in [2.24, 2.45) is 5.41 Å². The van der Waals surface area contributed by atoms with E-state index in [-0.39, 0.29) is 43.1 Å². The number of nitrogens with zero attached hydrogens (tertiary/aromatic N) is 4. The number of phenols is 3. The molecule has 0 spiro atoms. The summed E-state index contributed by atoms with van der Waals surface area (Å²) >= 11 is 0. The molecular weight excluding hydrogens is 1470 g/mol. The van der Waals surface area contributed by atoms with Crippen molar-refractivity contribution >= 4 is 158 Å². The summed E-state index contributed by atoms with van der Waals surface area (Å²) < 4.78 is 28.5. The summed E-state index contributed by atoms with van der Waals surface area (Å²) in [5.41, 5.74) is 12.7. The van der Waals surface area contributed by atoms with E-state index in [4.69, 9.17) is 47.6 Å². The number of nitrogen functional groups attached to an aromatic ring is 5. The maximum atomic E-state index is 14.7. The Hall–Kier alpha value is -14.1. The van der Waals surface area contributed by atoms with Crippen LogP contribution in [0.4, 0.5) is 28.4 Å². The van der Waals surface area contributed by atoms with Gasteiger partial charge in [0.2, 0.25) is 0 Å². The molecule has 0 aliphatic rings. The van der Waals surface area contributed by atoms with E-state index < -0.39 is 302 Å². The molecule has 0 aliphatic heterocycles. The Morgan fingerprint density at radius 3 is 0.593 bits per heavy atom. The summed E-state index contributed by atoms with van der Waals surface area (Å²) in [5.74, 6) is -2.98. The molecule has 0 aliphatic carbocycles. The van der Waals surface area contributed by atoms with Crippen LogP contribution in [-0.2, 0) is 18.9 Å². The van der Waals surface area contributed by atoms with E-state index in [0.29, 0.717) is 13.7 Å². The number of aromatic nitrogens is 4. The molecule has 0 bridgehead atoms. The third-order valence-electron chi connectivity index (χ3n) is 21.9. The minimum absolute atomic E-state index is 0.0326. The second-order valence-electron chi connectivity index (χ2n) is 28.8. The fourth-order valence-corrected chi connectivity index (χ4v) is 16.5. The second kappa shape index (κ2) is 26.0. The largest absolute Gasteiger partial charge is 0.506 e. The smallest absolute Gasteiger partial charge is 0.265 e. The first-order valence-electron chi connectivity index (χ1n) is 35.2. The molecule has 4 unspecified atom stereocenters. The summed E-state index contributed by atoms with van der Waals surface area (Å²) in [4.78, 5) is 229. The molecule has 0 saturated carbocycles. The quantitative estimate of drug-likeness (QED) is 0.0235. The molecule has 4 aromatic heterocycles. The number of ether oxygens (including phenoxy) is 4. The molecule has 16 aromatic rings. The normalized spacial score (nSPS) is 14.0. The average molecular weight is 1530 g/mol. The van der Waals surface area contributed by atoms with Crippen molar-refractivity contribution < 1.29 is 34.3 Å². The molecule has 16 rings (SSSR count). The van der Waals surface area contributed by atoms with E-state index in [1.54, 1.807) is 0 Å². The topological polar surface area (TPSA) is 521 Å². The lowest BCUT2D eigenvalue weighted by Gasteiger charge is -2.34. The van der Waals surface area contributed by atoms with Crippen LogP contribution < -0.4 is 117 Å². The van der Waals surface area contributed by atoms with Crippen molar-refractivity contribution in [3.05, 3.63) is 262 Å². The van der Waals surface area contributed by atoms with Gasteiger partial charge in [0, 0.05) is 43.1 Å². The van der Waals surface area contributed by atoms with Gasteiger partial charge < -0.3 is 62.9 Å². The number of aromatic hydroxyl groups is 3. The molecule has 12 aromatic carbocycles. The average Bonchev–Trinajstić information content (AvgIpc) is 1.59. The number of hydrogen-bond donors (Lipinski definition) is 8. The van der Waals surface area contributed by atoms with Gasteiger partial charge in [0.05, 0.1) is 197 Å². The van der Waals surface area contributed by atoms with Gasteiger partial charge in [-0.3, -0.25) is 95.0 Å². The zero-order valence-electron chi connectivity index (χ0n) is 59.9. The second-order valence-corrected chi connectivity index (χ2v) is 28.8. The van der Waals surface area contributed by atoms with Gasteiger partial charge in [0.1, 0.15) is 17.2 Å². The third-order valence-corrected chi connectivity index (χ3v) is 21.9. The number of rotatable bonds is 20. The number of phenolic OH excluding ortho intramolecular Hbond substituents is 3. The van der Waals surface area contributed by atoms with Crippen LogP contribution in [-0.4, -0.2) is 86.4 Å². The Kier molecular flexibility index (Phi) is 16.8. The molecule has 0 saturated heterocycles. The Labute approximate surface area is 625 Å². The first-order chi connectivity index (χ1) is 53.8. The van der Waals surface area contributed by atoms with Crippen molar-refractivity contribution in [2.75, 3.05) is 81.5 Å². The third kappa shape index (κ3) is 10.2. The highest BCUT2D eigenvalue weighted by atomic mass is 16.5. The monoisotopic (exact) mass is 1530 g/mol. The molecule has 0 amide bonds. The summed E-state index contributed by atoms with van der Waals surface area (Å²) in [6, 6.07) is 17.3. The zero-order chi connectivity index (χ0) is 80.6. The summed E-state index contributed by atoms with van der Waals surface area (Å²) in [6.07, 6.45) is 0. The first kappa shape index (κ1) is 73.1. The van der Waals surface area contributed by atoms with Crippen molar-refractivity contribution in [1.29, 1.82) is 0 Å². The van der Waals surface area contributed by atoms with Gasteiger partial charge in [-0.15, -0.1) is 0 Å².